The van der Waals surface area contributed by atoms with Gasteiger partial charge in [-0.15, -0.1) is 11.6 Å². The fourth-order valence-electron chi connectivity index (χ4n) is 0.961. The Bertz CT molecular complexity index is 252. The molecule has 2 N–H and O–H groups in total. The van der Waals surface area contributed by atoms with E-state index in [4.69, 9.17) is 22.1 Å². The maximum Gasteiger partial charge on any atom is 0.119 e. The van der Waals surface area contributed by atoms with Gasteiger partial charge in [0.1, 0.15) is 5.75 Å². The number of alkyl halides is 1. The van der Waals surface area contributed by atoms with Crippen LogP contribution in [0.3, 0.4) is 0 Å². The zero-order chi connectivity index (χ0) is 8.97. The van der Waals surface area contributed by atoms with Crippen molar-refractivity contribution in [1.82, 2.24) is 0 Å². The van der Waals surface area contributed by atoms with E-state index in [0.717, 1.165) is 11.3 Å². The molecule has 1 atom stereocenters. The van der Waals surface area contributed by atoms with Crippen molar-refractivity contribution in [2.24, 2.45) is 5.73 Å². The molecular formula is C9H12ClNO. The smallest absolute Gasteiger partial charge is 0.119 e. The van der Waals surface area contributed by atoms with Crippen LogP contribution in [0.15, 0.2) is 24.3 Å². The van der Waals surface area contributed by atoms with Gasteiger partial charge in [0.15, 0.2) is 0 Å². The van der Waals surface area contributed by atoms with E-state index in [2.05, 4.69) is 0 Å². The maximum absolute atomic E-state index is 5.73. The van der Waals surface area contributed by atoms with Crippen LogP contribution < -0.4 is 10.5 Å². The first-order chi connectivity index (χ1) is 5.77. The van der Waals surface area contributed by atoms with Crippen molar-refractivity contribution in [3.63, 3.8) is 0 Å². The number of hydrogen-bond donors (Lipinski definition) is 1. The monoisotopic (exact) mass is 185 g/mol. The second kappa shape index (κ2) is 4.33. The zero-order valence-electron chi connectivity index (χ0n) is 6.96. The number of halogens is 1. The molecule has 0 fully saturated rings. The van der Waals surface area contributed by atoms with Crippen LogP contribution in [0.5, 0.6) is 5.75 Å². The first-order valence-corrected chi connectivity index (χ1v) is 4.27. The molecule has 0 heterocycles. The number of rotatable bonds is 3. The average molecular weight is 186 g/mol. The number of nitrogens with two attached hydrogens (primary N) is 1. The summed E-state index contributed by atoms with van der Waals surface area (Å²) in [5, 5.41) is 0. The van der Waals surface area contributed by atoms with Gasteiger partial charge in [-0.25, -0.2) is 0 Å². The third-order valence-electron chi connectivity index (χ3n) is 1.69. The average Bonchev–Trinajstić information content (AvgIpc) is 2.17. The molecule has 1 unspecified atom stereocenters. The molecule has 66 valence electrons. The fraction of sp³-hybridized carbons (Fsp3) is 0.333. The highest BCUT2D eigenvalue weighted by Gasteiger charge is 2.03. The number of benzene rings is 1. The topological polar surface area (TPSA) is 35.2 Å². The Morgan fingerprint density at radius 1 is 1.58 bits per heavy atom. The fourth-order valence-corrected chi connectivity index (χ4v) is 1.14. The number of methoxy groups -OCH3 is 1. The highest BCUT2D eigenvalue weighted by molar-refractivity contribution is 6.18. The Hall–Kier alpha value is -0.730. The van der Waals surface area contributed by atoms with E-state index in [9.17, 15) is 0 Å². The van der Waals surface area contributed by atoms with Crippen molar-refractivity contribution in [1.29, 1.82) is 0 Å². The van der Waals surface area contributed by atoms with Crippen LogP contribution in [0.25, 0.3) is 0 Å². The van der Waals surface area contributed by atoms with Crippen molar-refractivity contribution in [2.75, 3.05) is 13.0 Å². The third-order valence-corrected chi connectivity index (χ3v) is 2.02. The van der Waals surface area contributed by atoms with Crippen LogP contribution in [0.2, 0.25) is 0 Å². The van der Waals surface area contributed by atoms with E-state index in [-0.39, 0.29) is 6.04 Å². The lowest BCUT2D eigenvalue weighted by atomic mass is 10.1. The van der Waals surface area contributed by atoms with Gasteiger partial charge in [-0.05, 0) is 17.7 Å². The molecule has 1 aromatic rings. The lowest BCUT2D eigenvalue weighted by Crippen LogP contribution is -2.11. The molecule has 0 aliphatic heterocycles. The molecule has 0 aliphatic carbocycles. The first kappa shape index (κ1) is 9.36. The van der Waals surface area contributed by atoms with Crippen LogP contribution >= 0.6 is 11.6 Å². The zero-order valence-corrected chi connectivity index (χ0v) is 7.71. The normalized spacial score (nSPS) is 12.6. The standard InChI is InChI=1S/C9H12ClNO/c1-12-8-4-2-3-7(5-8)9(11)6-10/h2-5,9H,6,11H2,1H3. The number of hydrogen-bond acceptors (Lipinski definition) is 2. The molecular weight excluding hydrogens is 174 g/mol. The first-order valence-electron chi connectivity index (χ1n) is 3.73. The Balaban J connectivity index is 2.86. The van der Waals surface area contributed by atoms with Gasteiger partial charge in [-0.1, -0.05) is 12.1 Å². The Labute approximate surface area is 77.3 Å². The molecule has 0 aromatic heterocycles. The summed E-state index contributed by atoms with van der Waals surface area (Å²) >= 11 is 5.62. The van der Waals surface area contributed by atoms with Crippen LogP contribution in [-0.4, -0.2) is 13.0 Å². The summed E-state index contributed by atoms with van der Waals surface area (Å²) in [6.45, 7) is 0. The van der Waals surface area contributed by atoms with E-state index in [1.807, 2.05) is 24.3 Å². The Morgan fingerprint density at radius 2 is 2.33 bits per heavy atom. The van der Waals surface area contributed by atoms with Crippen molar-refractivity contribution in [2.45, 2.75) is 6.04 Å². The van der Waals surface area contributed by atoms with Crippen LogP contribution in [0.1, 0.15) is 11.6 Å². The van der Waals surface area contributed by atoms with Gasteiger partial charge in [0.2, 0.25) is 0 Å². The lowest BCUT2D eigenvalue weighted by Gasteiger charge is -2.08. The van der Waals surface area contributed by atoms with E-state index >= 15 is 0 Å². The number of ether oxygens (including phenoxy) is 1. The molecule has 0 spiro atoms. The molecule has 0 saturated carbocycles. The van der Waals surface area contributed by atoms with E-state index in [1.165, 1.54) is 0 Å². The summed E-state index contributed by atoms with van der Waals surface area (Å²) in [4.78, 5) is 0. The van der Waals surface area contributed by atoms with Crippen LogP contribution in [-0.2, 0) is 0 Å². The summed E-state index contributed by atoms with van der Waals surface area (Å²) in [5.41, 5.74) is 6.73. The molecule has 3 heteroatoms. The van der Waals surface area contributed by atoms with Gasteiger partial charge in [-0.3, -0.25) is 0 Å². The van der Waals surface area contributed by atoms with E-state index in [1.54, 1.807) is 7.11 Å². The van der Waals surface area contributed by atoms with Crippen LogP contribution in [0.4, 0.5) is 0 Å². The minimum atomic E-state index is -0.109. The predicted molar refractivity (Wildman–Crippen MR) is 50.6 cm³/mol. The molecule has 0 amide bonds. The Morgan fingerprint density at radius 3 is 2.92 bits per heavy atom. The van der Waals surface area contributed by atoms with Crippen molar-refractivity contribution in [3.05, 3.63) is 29.8 Å². The summed E-state index contributed by atoms with van der Waals surface area (Å²) < 4.78 is 5.05. The van der Waals surface area contributed by atoms with Gasteiger partial charge < -0.3 is 10.5 Å². The van der Waals surface area contributed by atoms with Gasteiger partial charge in [0, 0.05) is 11.9 Å². The minimum Gasteiger partial charge on any atom is -0.497 e. The Kier molecular flexibility index (Phi) is 3.38. The van der Waals surface area contributed by atoms with Crippen molar-refractivity contribution >= 4 is 11.6 Å². The predicted octanol–water partition coefficient (Wildman–Crippen LogP) is 1.93. The second-order valence-electron chi connectivity index (χ2n) is 2.54. The van der Waals surface area contributed by atoms with Gasteiger partial charge in [-0.2, -0.15) is 0 Å². The minimum absolute atomic E-state index is 0.109. The van der Waals surface area contributed by atoms with Crippen molar-refractivity contribution < 1.29 is 4.74 Å². The third kappa shape index (κ3) is 2.13. The summed E-state index contributed by atoms with van der Waals surface area (Å²) in [6, 6.07) is 7.51. The molecule has 1 rings (SSSR count). The van der Waals surface area contributed by atoms with Gasteiger partial charge >= 0.3 is 0 Å². The summed E-state index contributed by atoms with van der Waals surface area (Å²) in [7, 11) is 1.63. The van der Waals surface area contributed by atoms with Gasteiger partial charge in [0.05, 0.1) is 7.11 Å². The van der Waals surface area contributed by atoms with Gasteiger partial charge in [0.25, 0.3) is 0 Å². The molecule has 0 aliphatic rings. The summed E-state index contributed by atoms with van der Waals surface area (Å²) in [5.74, 6) is 1.24. The van der Waals surface area contributed by atoms with Crippen molar-refractivity contribution in [3.8, 4) is 5.75 Å². The van der Waals surface area contributed by atoms with E-state index in [0.29, 0.717) is 5.88 Å². The highest BCUT2D eigenvalue weighted by Crippen LogP contribution is 2.17. The largest absolute Gasteiger partial charge is 0.497 e. The second-order valence-corrected chi connectivity index (χ2v) is 2.85. The highest BCUT2D eigenvalue weighted by atomic mass is 35.5. The molecule has 0 radical (unpaired) electrons. The SMILES string of the molecule is COc1cccc(C(N)CCl)c1. The van der Waals surface area contributed by atoms with E-state index < -0.39 is 0 Å². The quantitative estimate of drug-likeness (QED) is 0.731. The molecule has 0 bridgehead atoms. The summed E-state index contributed by atoms with van der Waals surface area (Å²) in [6.07, 6.45) is 0. The maximum atomic E-state index is 5.73. The molecule has 1 aromatic carbocycles. The molecule has 12 heavy (non-hydrogen) atoms. The molecule has 2 nitrogen and oxygen atoms in total. The molecule has 0 saturated heterocycles. The lowest BCUT2D eigenvalue weighted by molar-refractivity contribution is 0.414. The van der Waals surface area contributed by atoms with Crippen LogP contribution in [0, 0.1) is 0 Å².